The van der Waals surface area contributed by atoms with Gasteiger partial charge < -0.3 is 9.84 Å². The molecule has 19 heavy (non-hydrogen) atoms. The minimum absolute atomic E-state index is 0.473. The number of hydrogen-bond donors (Lipinski definition) is 1. The Bertz CT molecular complexity index is 374. The van der Waals surface area contributed by atoms with Crippen molar-refractivity contribution in [2.75, 3.05) is 0 Å². The summed E-state index contributed by atoms with van der Waals surface area (Å²) in [6.07, 6.45) is 8.44. The highest BCUT2D eigenvalue weighted by Gasteiger charge is 2.06. The molecule has 0 unspecified atom stereocenters. The highest BCUT2D eigenvalue weighted by molar-refractivity contribution is 5.62. The van der Waals surface area contributed by atoms with Crippen molar-refractivity contribution in [3.8, 4) is 5.75 Å². The number of rotatable bonds is 9. The standard InChI is InChI=1S/C16H24O3/c1-2-3-4-5-6-7-8-11-14-12-9-10-13-15(14)19-16(17)18/h9-10,12-13H,2-8,11H2,1H3,(H,17,18). The number of benzene rings is 1. The van der Waals surface area contributed by atoms with Crippen LogP contribution in [0.2, 0.25) is 0 Å². The molecule has 3 heteroatoms. The lowest BCUT2D eigenvalue weighted by molar-refractivity contribution is 0.144. The van der Waals surface area contributed by atoms with Crippen LogP contribution in [0.25, 0.3) is 0 Å². The van der Waals surface area contributed by atoms with Crippen LogP contribution >= 0.6 is 0 Å². The van der Waals surface area contributed by atoms with Crippen LogP contribution in [0.5, 0.6) is 5.75 Å². The molecule has 1 N–H and O–H groups in total. The fourth-order valence-electron chi connectivity index (χ4n) is 2.18. The van der Waals surface area contributed by atoms with Crippen LogP contribution in [0.4, 0.5) is 4.79 Å². The third-order valence-corrected chi connectivity index (χ3v) is 3.22. The second-order valence-corrected chi connectivity index (χ2v) is 4.85. The zero-order valence-electron chi connectivity index (χ0n) is 11.7. The largest absolute Gasteiger partial charge is 0.511 e. The highest BCUT2D eigenvalue weighted by atomic mass is 16.7. The van der Waals surface area contributed by atoms with Crippen molar-refractivity contribution in [1.82, 2.24) is 0 Å². The second kappa shape index (κ2) is 9.42. The molecule has 0 atom stereocenters. The lowest BCUT2D eigenvalue weighted by Gasteiger charge is -2.07. The van der Waals surface area contributed by atoms with Gasteiger partial charge in [0, 0.05) is 0 Å². The van der Waals surface area contributed by atoms with E-state index in [0.29, 0.717) is 5.75 Å². The average Bonchev–Trinajstić information content (AvgIpc) is 2.39. The fraction of sp³-hybridized carbons (Fsp3) is 0.562. The van der Waals surface area contributed by atoms with E-state index in [1.54, 1.807) is 12.1 Å². The van der Waals surface area contributed by atoms with Crippen molar-refractivity contribution in [2.45, 2.75) is 58.3 Å². The summed E-state index contributed by atoms with van der Waals surface area (Å²) >= 11 is 0. The van der Waals surface area contributed by atoms with Gasteiger partial charge in [-0.1, -0.05) is 63.6 Å². The molecule has 1 rings (SSSR count). The van der Waals surface area contributed by atoms with E-state index in [1.807, 2.05) is 12.1 Å². The molecule has 0 aromatic heterocycles. The second-order valence-electron chi connectivity index (χ2n) is 4.85. The maximum atomic E-state index is 10.6. The molecule has 0 radical (unpaired) electrons. The summed E-state index contributed by atoms with van der Waals surface area (Å²) in [6.45, 7) is 2.22. The Balaban J connectivity index is 2.26. The van der Waals surface area contributed by atoms with E-state index in [9.17, 15) is 4.79 Å². The molecule has 0 spiro atoms. The molecular formula is C16H24O3. The molecule has 0 bridgehead atoms. The Morgan fingerprint density at radius 1 is 1.05 bits per heavy atom. The fourth-order valence-corrected chi connectivity index (χ4v) is 2.18. The first-order valence-electron chi connectivity index (χ1n) is 7.22. The Labute approximate surface area is 115 Å². The Kier molecular flexibility index (Phi) is 7.71. The van der Waals surface area contributed by atoms with E-state index < -0.39 is 6.16 Å². The number of ether oxygens (including phenoxy) is 1. The van der Waals surface area contributed by atoms with Gasteiger partial charge in [-0.3, -0.25) is 0 Å². The molecule has 0 fully saturated rings. The highest BCUT2D eigenvalue weighted by Crippen LogP contribution is 2.21. The van der Waals surface area contributed by atoms with Gasteiger partial charge in [0.15, 0.2) is 0 Å². The van der Waals surface area contributed by atoms with Gasteiger partial charge in [0.2, 0.25) is 0 Å². The van der Waals surface area contributed by atoms with E-state index in [1.165, 1.54) is 38.5 Å². The summed E-state index contributed by atoms with van der Waals surface area (Å²) < 4.78 is 4.77. The monoisotopic (exact) mass is 264 g/mol. The van der Waals surface area contributed by atoms with Crippen LogP contribution in [-0.4, -0.2) is 11.3 Å². The number of para-hydroxylation sites is 1. The van der Waals surface area contributed by atoms with Crippen LogP contribution in [0.3, 0.4) is 0 Å². The van der Waals surface area contributed by atoms with Crippen molar-refractivity contribution in [1.29, 1.82) is 0 Å². The first-order chi connectivity index (χ1) is 9.24. The molecule has 1 aromatic rings. The number of carbonyl (C=O) groups is 1. The minimum Gasteiger partial charge on any atom is -0.449 e. The molecule has 0 aliphatic rings. The third-order valence-electron chi connectivity index (χ3n) is 3.22. The van der Waals surface area contributed by atoms with Crippen LogP contribution < -0.4 is 4.74 Å². The molecule has 0 amide bonds. The van der Waals surface area contributed by atoms with Gasteiger partial charge in [0.1, 0.15) is 5.75 Å². The van der Waals surface area contributed by atoms with Gasteiger partial charge in [-0.05, 0) is 24.5 Å². The first kappa shape index (κ1) is 15.5. The third kappa shape index (κ3) is 6.85. The Morgan fingerprint density at radius 2 is 1.68 bits per heavy atom. The molecule has 0 saturated heterocycles. The van der Waals surface area contributed by atoms with E-state index in [-0.39, 0.29) is 0 Å². The zero-order valence-corrected chi connectivity index (χ0v) is 11.7. The molecular weight excluding hydrogens is 240 g/mol. The summed E-state index contributed by atoms with van der Waals surface area (Å²) in [4.78, 5) is 10.6. The number of aryl methyl sites for hydroxylation is 1. The van der Waals surface area contributed by atoms with Gasteiger partial charge in [-0.15, -0.1) is 0 Å². The van der Waals surface area contributed by atoms with Crippen molar-refractivity contribution in [2.24, 2.45) is 0 Å². The summed E-state index contributed by atoms with van der Waals surface area (Å²) in [5, 5.41) is 8.66. The molecule has 0 aliphatic carbocycles. The van der Waals surface area contributed by atoms with Crippen LogP contribution in [0.1, 0.15) is 57.4 Å². The lowest BCUT2D eigenvalue weighted by atomic mass is 10.0. The quantitative estimate of drug-likeness (QED) is 0.386. The SMILES string of the molecule is CCCCCCCCCc1ccccc1OC(=O)O. The Hall–Kier alpha value is -1.51. The van der Waals surface area contributed by atoms with Crippen molar-refractivity contribution in [3.05, 3.63) is 29.8 Å². The maximum absolute atomic E-state index is 10.6. The molecule has 0 aliphatic heterocycles. The predicted octanol–water partition coefficient (Wildman–Crippen LogP) is 5.04. The van der Waals surface area contributed by atoms with Gasteiger partial charge >= 0.3 is 6.16 Å². The van der Waals surface area contributed by atoms with Crippen molar-refractivity contribution < 1.29 is 14.6 Å². The van der Waals surface area contributed by atoms with Crippen LogP contribution in [0, 0.1) is 0 Å². The van der Waals surface area contributed by atoms with E-state index in [4.69, 9.17) is 9.84 Å². The smallest absolute Gasteiger partial charge is 0.449 e. The van der Waals surface area contributed by atoms with Crippen molar-refractivity contribution >= 4 is 6.16 Å². The zero-order chi connectivity index (χ0) is 13.9. The van der Waals surface area contributed by atoms with Crippen molar-refractivity contribution in [3.63, 3.8) is 0 Å². The van der Waals surface area contributed by atoms with Gasteiger partial charge in [0.05, 0.1) is 0 Å². The van der Waals surface area contributed by atoms with Gasteiger partial charge in [0.25, 0.3) is 0 Å². The molecule has 0 saturated carbocycles. The number of carboxylic acid groups (broad SMARTS) is 1. The summed E-state index contributed by atoms with van der Waals surface area (Å²) in [6, 6.07) is 7.37. The van der Waals surface area contributed by atoms with E-state index in [2.05, 4.69) is 6.92 Å². The topological polar surface area (TPSA) is 46.5 Å². The van der Waals surface area contributed by atoms with Crippen LogP contribution in [-0.2, 0) is 6.42 Å². The summed E-state index contributed by atoms with van der Waals surface area (Å²) in [7, 11) is 0. The first-order valence-corrected chi connectivity index (χ1v) is 7.22. The van der Waals surface area contributed by atoms with Crippen LogP contribution in [0.15, 0.2) is 24.3 Å². The number of unbranched alkanes of at least 4 members (excludes halogenated alkanes) is 6. The predicted molar refractivity (Wildman–Crippen MR) is 76.8 cm³/mol. The summed E-state index contributed by atoms with van der Waals surface area (Å²) in [5.74, 6) is 0.473. The number of hydrogen-bond acceptors (Lipinski definition) is 2. The van der Waals surface area contributed by atoms with Gasteiger partial charge in [-0.2, -0.15) is 0 Å². The Morgan fingerprint density at radius 3 is 2.37 bits per heavy atom. The maximum Gasteiger partial charge on any atom is 0.511 e. The van der Waals surface area contributed by atoms with E-state index >= 15 is 0 Å². The summed E-state index contributed by atoms with van der Waals surface area (Å²) in [5.41, 5.74) is 0.985. The molecule has 1 aromatic carbocycles. The average molecular weight is 264 g/mol. The van der Waals surface area contributed by atoms with Gasteiger partial charge in [-0.25, -0.2) is 4.79 Å². The molecule has 3 nitrogen and oxygen atoms in total. The normalized spacial score (nSPS) is 10.4. The molecule has 0 heterocycles. The molecule has 106 valence electrons. The minimum atomic E-state index is -1.24. The van der Waals surface area contributed by atoms with E-state index in [0.717, 1.165) is 18.4 Å². The lowest BCUT2D eigenvalue weighted by Crippen LogP contribution is -2.05.